The first-order chi connectivity index (χ1) is 12.9. The van der Waals surface area contributed by atoms with Crippen LogP contribution in [0.15, 0.2) is 29.2 Å². The van der Waals surface area contributed by atoms with Crippen molar-refractivity contribution in [2.45, 2.75) is 39.5 Å². The molecule has 9 heteroatoms. The molecule has 1 amide bonds. The zero-order valence-electron chi connectivity index (χ0n) is 16.4. The molecule has 0 aromatic heterocycles. The lowest BCUT2D eigenvalue weighted by Crippen LogP contribution is -2.33. The fourth-order valence-electron chi connectivity index (χ4n) is 2.99. The van der Waals surface area contributed by atoms with E-state index >= 15 is 0 Å². The summed E-state index contributed by atoms with van der Waals surface area (Å²) < 4.78 is 27.4. The Hall–Kier alpha value is -2.78. The molecule has 2 aromatic rings. The Morgan fingerprint density at radius 2 is 1.57 bits per heavy atom. The number of carbonyl (C=O) groups is 1. The summed E-state index contributed by atoms with van der Waals surface area (Å²) in [5.74, 6) is -0.529. The summed E-state index contributed by atoms with van der Waals surface area (Å²) in [5.41, 5.74) is 3.99. The summed E-state index contributed by atoms with van der Waals surface area (Å²) in [6, 6.07) is 6.14. The third-order valence-electron chi connectivity index (χ3n) is 4.47. The molecule has 8 nitrogen and oxygen atoms in total. The van der Waals surface area contributed by atoms with E-state index in [1.807, 2.05) is 32.9 Å². The fraction of sp³-hybridized carbons (Fsp3) is 0.316. The normalized spacial score (nSPS) is 11.3. The first kappa shape index (κ1) is 21.5. The second-order valence-electron chi connectivity index (χ2n) is 6.79. The van der Waals surface area contributed by atoms with Crippen LogP contribution < -0.4 is 10.0 Å². The second kappa shape index (κ2) is 8.07. The molecule has 0 saturated heterocycles. The Morgan fingerprint density at radius 3 is 2.11 bits per heavy atom. The monoisotopic (exact) mass is 405 g/mol. The zero-order valence-corrected chi connectivity index (χ0v) is 17.2. The number of sulfonamides is 1. The lowest BCUT2D eigenvalue weighted by atomic mass is 10.1. The van der Waals surface area contributed by atoms with Gasteiger partial charge in [-0.25, -0.2) is 13.1 Å². The maximum absolute atomic E-state index is 12.6. The molecule has 0 aliphatic carbocycles. The lowest BCUT2D eigenvalue weighted by molar-refractivity contribution is -0.385. The molecule has 150 valence electrons. The molecule has 28 heavy (non-hydrogen) atoms. The molecule has 0 unspecified atom stereocenters. The molecule has 0 saturated carbocycles. The first-order valence-corrected chi connectivity index (χ1v) is 10.0. The van der Waals surface area contributed by atoms with Crippen LogP contribution in [0.2, 0.25) is 0 Å². The molecule has 0 radical (unpaired) electrons. The van der Waals surface area contributed by atoms with Crippen LogP contribution in [0.25, 0.3) is 0 Å². The topological polar surface area (TPSA) is 118 Å². The van der Waals surface area contributed by atoms with Crippen LogP contribution in [0.5, 0.6) is 0 Å². The summed E-state index contributed by atoms with van der Waals surface area (Å²) in [5, 5.41) is 13.7. The summed E-state index contributed by atoms with van der Waals surface area (Å²) >= 11 is 0. The van der Waals surface area contributed by atoms with Gasteiger partial charge in [0.25, 0.3) is 5.69 Å². The predicted octanol–water partition coefficient (Wildman–Crippen LogP) is 3.05. The first-order valence-electron chi connectivity index (χ1n) is 8.55. The largest absolute Gasteiger partial charge is 0.324 e. The highest BCUT2D eigenvalue weighted by Crippen LogP contribution is 2.25. The molecule has 0 bridgehead atoms. The van der Waals surface area contributed by atoms with Gasteiger partial charge in [0.15, 0.2) is 0 Å². The van der Waals surface area contributed by atoms with Gasteiger partial charge in [-0.15, -0.1) is 0 Å². The number of nitro benzene ring substituents is 1. The smallest absolute Gasteiger partial charge is 0.271 e. The Kier molecular flexibility index (Phi) is 6.20. The summed E-state index contributed by atoms with van der Waals surface area (Å²) in [6.07, 6.45) is 0. The van der Waals surface area contributed by atoms with E-state index in [0.29, 0.717) is 16.8 Å². The molecule has 0 fully saturated rings. The SMILES string of the molecule is Cc1cc(C)c(NC(=O)CNS(=O)(=O)c2cc([N+](=O)[O-])cc(C)c2C)c(C)c1. The van der Waals surface area contributed by atoms with E-state index < -0.39 is 27.4 Å². The van der Waals surface area contributed by atoms with E-state index in [-0.39, 0.29) is 10.6 Å². The van der Waals surface area contributed by atoms with E-state index in [0.717, 1.165) is 22.8 Å². The predicted molar refractivity (Wildman–Crippen MR) is 107 cm³/mol. The number of nitrogens with one attached hydrogen (secondary N) is 2. The van der Waals surface area contributed by atoms with Gasteiger partial charge >= 0.3 is 0 Å². The van der Waals surface area contributed by atoms with Crippen molar-refractivity contribution in [1.29, 1.82) is 0 Å². The van der Waals surface area contributed by atoms with Gasteiger partial charge in [0.2, 0.25) is 15.9 Å². The molecule has 2 rings (SSSR count). The minimum atomic E-state index is -4.10. The van der Waals surface area contributed by atoms with Crippen LogP contribution in [-0.2, 0) is 14.8 Å². The third-order valence-corrected chi connectivity index (χ3v) is 6.00. The fourth-order valence-corrected chi connectivity index (χ4v) is 4.31. The standard InChI is InChI=1S/C19H23N3O5S/c1-11-6-13(3)19(14(4)7-11)21-18(23)10-20-28(26,27)17-9-16(22(24)25)8-12(2)15(17)5/h6-9,20H,10H2,1-5H3,(H,21,23). The van der Waals surface area contributed by atoms with Crippen LogP contribution in [0.4, 0.5) is 11.4 Å². The maximum Gasteiger partial charge on any atom is 0.271 e. The van der Waals surface area contributed by atoms with Crippen LogP contribution in [0.1, 0.15) is 27.8 Å². The molecule has 0 heterocycles. The number of non-ortho nitro benzene ring substituents is 1. The molecule has 2 aromatic carbocycles. The van der Waals surface area contributed by atoms with Gasteiger partial charge in [0, 0.05) is 17.8 Å². The van der Waals surface area contributed by atoms with Crippen molar-refractivity contribution in [3.05, 3.63) is 62.2 Å². The lowest BCUT2D eigenvalue weighted by Gasteiger charge is -2.14. The maximum atomic E-state index is 12.6. The molecule has 0 atom stereocenters. The molecule has 0 spiro atoms. The molecular weight excluding hydrogens is 382 g/mol. The second-order valence-corrected chi connectivity index (χ2v) is 8.52. The minimum absolute atomic E-state index is 0.213. The zero-order chi connectivity index (χ0) is 21.2. The quantitative estimate of drug-likeness (QED) is 0.566. The Morgan fingerprint density at radius 1 is 1.00 bits per heavy atom. The van der Waals surface area contributed by atoms with Crippen LogP contribution >= 0.6 is 0 Å². The molecular formula is C19H23N3O5S. The number of rotatable bonds is 6. The molecule has 2 N–H and O–H groups in total. The summed E-state index contributed by atoms with van der Waals surface area (Å²) in [6.45, 7) is 8.33. The van der Waals surface area contributed by atoms with Crippen molar-refractivity contribution in [2.24, 2.45) is 0 Å². The Bertz CT molecular complexity index is 1040. The van der Waals surface area contributed by atoms with Crippen molar-refractivity contribution in [2.75, 3.05) is 11.9 Å². The number of nitrogens with zero attached hydrogens (tertiary/aromatic N) is 1. The van der Waals surface area contributed by atoms with Gasteiger partial charge < -0.3 is 5.32 Å². The van der Waals surface area contributed by atoms with Crippen LogP contribution in [0, 0.1) is 44.7 Å². The average molecular weight is 405 g/mol. The number of benzene rings is 2. The molecule has 0 aliphatic heterocycles. The number of hydrogen-bond acceptors (Lipinski definition) is 5. The van der Waals surface area contributed by atoms with Crippen molar-refractivity contribution < 1.29 is 18.1 Å². The summed E-state index contributed by atoms with van der Waals surface area (Å²) in [4.78, 5) is 22.4. The summed E-state index contributed by atoms with van der Waals surface area (Å²) in [7, 11) is -4.10. The van der Waals surface area contributed by atoms with Crippen molar-refractivity contribution >= 4 is 27.3 Å². The number of amides is 1. The van der Waals surface area contributed by atoms with E-state index in [4.69, 9.17) is 0 Å². The number of aryl methyl sites for hydroxylation is 4. The average Bonchev–Trinajstić information content (AvgIpc) is 2.58. The Labute approximate surface area is 164 Å². The number of nitro groups is 1. The van der Waals surface area contributed by atoms with Crippen LogP contribution in [-0.4, -0.2) is 25.8 Å². The van der Waals surface area contributed by atoms with Gasteiger partial charge in [-0.1, -0.05) is 17.7 Å². The van der Waals surface area contributed by atoms with Crippen molar-refractivity contribution in [3.8, 4) is 0 Å². The number of hydrogen-bond donors (Lipinski definition) is 2. The van der Waals surface area contributed by atoms with Gasteiger partial charge in [0.1, 0.15) is 0 Å². The number of anilines is 1. The molecule has 0 aliphatic rings. The minimum Gasteiger partial charge on any atom is -0.324 e. The van der Waals surface area contributed by atoms with E-state index in [1.54, 1.807) is 13.8 Å². The highest BCUT2D eigenvalue weighted by molar-refractivity contribution is 7.89. The third kappa shape index (κ3) is 4.73. The van der Waals surface area contributed by atoms with E-state index in [1.165, 1.54) is 6.07 Å². The van der Waals surface area contributed by atoms with Crippen LogP contribution in [0.3, 0.4) is 0 Å². The van der Waals surface area contributed by atoms with Crippen molar-refractivity contribution in [3.63, 3.8) is 0 Å². The van der Waals surface area contributed by atoms with Gasteiger partial charge in [-0.2, -0.15) is 0 Å². The highest BCUT2D eigenvalue weighted by Gasteiger charge is 2.23. The van der Waals surface area contributed by atoms with E-state index in [2.05, 4.69) is 10.0 Å². The highest BCUT2D eigenvalue weighted by atomic mass is 32.2. The number of carbonyl (C=O) groups excluding carboxylic acids is 1. The van der Waals surface area contributed by atoms with Crippen molar-refractivity contribution in [1.82, 2.24) is 4.72 Å². The van der Waals surface area contributed by atoms with Gasteiger partial charge in [-0.05, 0) is 56.9 Å². The van der Waals surface area contributed by atoms with E-state index in [9.17, 15) is 23.3 Å². The Balaban J connectivity index is 2.20. The van der Waals surface area contributed by atoms with Gasteiger partial charge in [-0.3, -0.25) is 14.9 Å². The van der Waals surface area contributed by atoms with Gasteiger partial charge in [0.05, 0.1) is 16.4 Å².